The van der Waals surface area contributed by atoms with E-state index in [-0.39, 0.29) is 26.4 Å². The third kappa shape index (κ3) is 4.63. The molecule has 0 N–H and O–H groups in total. The Morgan fingerprint density at radius 2 is 1.68 bits per heavy atom. The number of anilines is 1. The monoisotopic (exact) mass is 447 g/mol. The van der Waals surface area contributed by atoms with Gasteiger partial charge in [0.15, 0.2) is 0 Å². The molecule has 0 atom stereocenters. The zero-order valence-corrected chi connectivity index (χ0v) is 17.8. The van der Waals surface area contributed by atoms with Gasteiger partial charge in [0.25, 0.3) is 10.0 Å². The minimum atomic E-state index is -4.24. The predicted octanol–water partition coefficient (Wildman–Crippen LogP) is 3.77. The number of carbonyl (C=O) groups is 1. The highest BCUT2D eigenvalue weighted by molar-refractivity contribution is 7.93. The summed E-state index contributed by atoms with van der Waals surface area (Å²) in [6.07, 6.45) is 0. The second-order valence-corrected chi connectivity index (χ2v) is 8.00. The zero-order valence-electron chi connectivity index (χ0n) is 15.4. The van der Waals surface area contributed by atoms with Crippen molar-refractivity contribution in [3.05, 3.63) is 46.4 Å². The third-order valence-electron chi connectivity index (χ3n) is 3.74. The Bertz CT molecular complexity index is 947. The largest absolute Gasteiger partial charge is 0.495 e. The Morgan fingerprint density at radius 1 is 1.04 bits per heavy atom. The molecule has 152 valence electrons. The number of nitrogens with zero attached hydrogens (tertiary/aromatic N) is 1. The first-order chi connectivity index (χ1) is 13.3. The first-order valence-corrected chi connectivity index (χ1v) is 10.3. The van der Waals surface area contributed by atoms with Crippen LogP contribution in [0.1, 0.15) is 6.92 Å². The van der Waals surface area contributed by atoms with Crippen molar-refractivity contribution in [2.75, 3.05) is 31.7 Å². The van der Waals surface area contributed by atoms with Crippen LogP contribution in [0.5, 0.6) is 11.5 Å². The lowest BCUT2D eigenvalue weighted by Gasteiger charge is -2.24. The van der Waals surface area contributed by atoms with E-state index in [1.165, 1.54) is 38.5 Å². The number of rotatable bonds is 8. The third-order valence-corrected chi connectivity index (χ3v) is 6.53. The summed E-state index contributed by atoms with van der Waals surface area (Å²) in [6.45, 7) is 1.74. The molecule has 0 aromatic heterocycles. The van der Waals surface area contributed by atoms with E-state index < -0.39 is 22.5 Å². The summed E-state index contributed by atoms with van der Waals surface area (Å²) in [5, 5.41) is -0.253. The van der Waals surface area contributed by atoms with Crippen molar-refractivity contribution in [2.24, 2.45) is 0 Å². The molecule has 2 aromatic rings. The van der Waals surface area contributed by atoms with Gasteiger partial charge in [-0.15, -0.1) is 0 Å². The fourth-order valence-corrected chi connectivity index (χ4v) is 4.59. The summed E-state index contributed by atoms with van der Waals surface area (Å²) in [4.78, 5) is 11.6. The molecular formula is C18H19Cl2NO6S. The molecule has 0 bridgehead atoms. The number of carbonyl (C=O) groups excluding carboxylic acids is 1. The van der Waals surface area contributed by atoms with Crippen molar-refractivity contribution in [2.45, 2.75) is 11.8 Å². The quantitative estimate of drug-likeness (QED) is 0.572. The van der Waals surface area contributed by atoms with Gasteiger partial charge in [-0.2, -0.15) is 0 Å². The maximum absolute atomic E-state index is 13.3. The Morgan fingerprint density at radius 3 is 2.21 bits per heavy atom. The molecule has 0 aliphatic heterocycles. The molecule has 0 heterocycles. The van der Waals surface area contributed by atoms with Gasteiger partial charge in [-0.05, 0) is 43.3 Å². The molecule has 0 amide bonds. The standard InChI is InChI=1S/C18H19Cl2NO6S/c1-4-27-13-7-5-12(6-8-13)21(11-16(22)26-3)28(23,24)15-10-9-14(25-2)17(19)18(15)20/h5-10H,4,11H2,1-3H3. The van der Waals surface area contributed by atoms with Gasteiger partial charge in [-0.25, -0.2) is 8.42 Å². The van der Waals surface area contributed by atoms with Crippen molar-refractivity contribution in [3.8, 4) is 11.5 Å². The maximum atomic E-state index is 13.3. The first-order valence-electron chi connectivity index (χ1n) is 8.10. The van der Waals surface area contributed by atoms with Crippen LogP contribution >= 0.6 is 23.2 Å². The van der Waals surface area contributed by atoms with Gasteiger partial charge >= 0.3 is 5.97 Å². The molecule has 0 fully saturated rings. The Kier molecular flexibility index (Phi) is 7.40. The summed E-state index contributed by atoms with van der Waals surface area (Å²) in [6, 6.07) is 8.88. The molecule has 0 aliphatic rings. The van der Waals surface area contributed by atoms with Gasteiger partial charge in [0.05, 0.1) is 31.5 Å². The number of ether oxygens (including phenoxy) is 3. The highest BCUT2D eigenvalue weighted by Gasteiger charge is 2.31. The van der Waals surface area contributed by atoms with Crippen LogP contribution in [-0.2, 0) is 19.6 Å². The molecule has 10 heteroatoms. The minimum Gasteiger partial charge on any atom is -0.495 e. The molecule has 0 spiro atoms. The van der Waals surface area contributed by atoms with E-state index >= 15 is 0 Å². The SMILES string of the molecule is CCOc1ccc(N(CC(=O)OC)S(=O)(=O)c2ccc(OC)c(Cl)c2Cl)cc1. The second kappa shape index (κ2) is 9.36. The highest BCUT2D eigenvalue weighted by atomic mass is 35.5. The fourth-order valence-electron chi connectivity index (χ4n) is 2.36. The van der Waals surface area contributed by atoms with Gasteiger partial charge < -0.3 is 14.2 Å². The summed E-state index contributed by atoms with van der Waals surface area (Å²) in [5.74, 6) is 0.0478. The number of hydrogen-bond acceptors (Lipinski definition) is 6. The van der Waals surface area contributed by atoms with Crippen molar-refractivity contribution in [1.29, 1.82) is 0 Å². The van der Waals surface area contributed by atoms with E-state index in [0.717, 1.165) is 4.31 Å². The van der Waals surface area contributed by atoms with Crippen LogP contribution < -0.4 is 13.8 Å². The lowest BCUT2D eigenvalue weighted by atomic mass is 10.3. The molecule has 0 radical (unpaired) electrons. The Labute approximate surface area is 173 Å². The van der Waals surface area contributed by atoms with Crippen molar-refractivity contribution in [1.82, 2.24) is 0 Å². The van der Waals surface area contributed by atoms with Crippen LogP contribution in [0.2, 0.25) is 10.0 Å². The van der Waals surface area contributed by atoms with Crippen molar-refractivity contribution in [3.63, 3.8) is 0 Å². The van der Waals surface area contributed by atoms with Crippen LogP contribution in [0.4, 0.5) is 5.69 Å². The van der Waals surface area contributed by atoms with Crippen LogP contribution in [0, 0.1) is 0 Å². The van der Waals surface area contributed by atoms with Crippen molar-refractivity contribution < 1.29 is 27.4 Å². The van der Waals surface area contributed by atoms with Crippen LogP contribution in [-0.4, -0.2) is 41.8 Å². The minimum absolute atomic E-state index is 0.0463. The molecule has 28 heavy (non-hydrogen) atoms. The summed E-state index contributed by atoms with van der Waals surface area (Å²) in [7, 11) is -1.69. The van der Waals surface area contributed by atoms with E-state index in [9.17, 15) is 13.2 Å². The van der Waals surface area contributed by atoms with E-state index in [2.05, 4.69) is 4.74 Å². The first kappa shape index (κ1) is 22.1. The number of benzene rings is 2. The van der Waals surface area contributed by atoms with E-state index in [0.29, 0.717) is 12.4 Å². The lowest BCUT2D eigenvalue weighted by Crippen LogP contribution is -2.36. The summed E-state index contributed by atoms with van der Waals surface area (Å²) >= 11 is 12.3. The van der Waals surface area contributed by atoms with Crippen molar-refractivity contribution >= 4 is 44.9 Å². The number of sulfonamides is 1. The van der Waals surface area contributed by atoms with Crippen LogP contribution in [0.3, 0.4) is 0 Å². The smallest absolute Gasteiger partial charge is 0.326 e. The van der Waals surface area contributed by atoms with Gasteiger partial charge in [0.2, 0.25) is 0 Å². The molecule has 2 aromatic carbocycles. The number of halogens is 2. The van der Waals surface area contributed by atoms with Crippen LogP contribution in [0.25, 0.3) is 0 Å². The van der Waals surface area contributed by atoms with E-state index in [1.807, 2.05) is 6.92 Å². The summed E-state index contributed by atoms with van der Waals surface area (Å²) < 4.78 is 42.5. The average Bonchev–Trinajstić information content (AvgIpc) is 2.68. The van der Waals surface area contributed by atoms with Crippen LogP contribution in [0.15, 0.2) is 41.3 Å². The van der Waals surface area contributed by atoms with E-state index in [1.54, 1.807) is 12.1 Å². The van der Waals surface area contributed by atoms with Gasteiger partial charge in [0, 0.05) is 0 Å². The predicted molar refractivity (Wildman–Crippen MR) is 107 cm³/mol. The fraction of sp³-hybridized carbons (Fsp3) is 0.278. The molecular weight excluding hydrogens is 429 g/mol. The Hall–Kier alpha value is -2.16. The topological polar surface area (TPSA) is 82.1 Å². The molecule has 0 unspecified atom stereocenters. The Balaban J connectivity index is 2.56. The zero-order chi connectivity index (χ0) is 20.9. The molecule has 0 saturated carbocycles. The number of methoxy groups -OCH3 is 2. The highest BCUT2D eigenvalue weighted by Crippen LogP contribution is 2.38. The van der Waals surface area contributed by atoms with E-state index in [4.69, 9.17) is 32.7 Å². The summed E-state index contributed by atoms with van der Waals surface area (Å²) in [5.41, 5.74) is 0.233. The lowest BCUT2D eigenvalue weighted by molar-refractivity contribution is -0.138. The molecule has 2 rings (SSSR count). The molecule has 0 aliphatic carbocycles. The number of hydrogen-bond donors (Lipinski definition) is 0. The van der Waals surface area contributed by atoms with Gasteiger partial charge in [0.1, 0.15) is 28.0 Å². The second-order valence-electron chi connectivity index (χ2n) is 5.41. The van der Waals surface area contributed by atoms with Gasteiger partial charge in [-0.3, -0.25) is 9.10 Å². The number of esters is 1. The molecule has 0 saturated heterocycles. The van der Waals surface area contributed by atoms with Gasteiger partial charge in [-0.1, -0.05) is 23.2 Å². The maximum Gasteiger partial charge on any atom is 0.326 e. The molecule has 7 nitrogen and oxygen atoms in total. The normalized spacial score (nSPS) is 11.0. The average molecular weight is 448 g/mol.